The van der Waals surface area contributed by atoms with Gasteiger partial charge in [-0.3, -0.25) is 9.59 Å². The molecule has 3 aromatic carbocycles. The highest BCUT2D eigenvalue weighted by Crippen LogP contribution is 2.22. The molecule has 0 heterocycles. The number of carbonyl (C=O) groups is 2. The molecule has 0 spiro atoms. The average molecular weight is 414 g/mol. The fourth-order valence-electron chi connectivity index (χ4n) is 2.60. The van der Waals surface area contributed by atoms with Gasteiger partial charge in [0.1, 0.15) is 5.75 Å². The van der Waals surface area contributed by atoms with E-state index in [1.54, 1.807) is 42.5 Å². The smallest absolute Gasteiger partial charge is 0.255 e. The van der Waals surface area contributed by atoms with Crippen LogP contribution in [0.2, 0.25) is 10.0 Å². The van der Waals surface area contributed by atoms with Crippen molar-refractivity contribution in [1.29, 1.82) is 0 Å². The monoisotopic (exact) mass is 413 g/mol. The number of Topliss-reactive ketones (excluding diaryl/α,β-unsaturated/α-hetero) is 1. The summed E-state index contributed by atoms with van der Waals surface area (Å²) < 4.78 is 5.52. The Balaban J connectivity index is 1.59. The van der Waals surface area contributed by atoms with Gasteiger partial charge in [-0.25, -0.2) is 0 Å². The second-order valence-corrected chi connectivity index (χ2v) is 6.97. The summed E-state index contributed by atoms with van der Waals surface area (Å²) in [5.74, 6) is 0.0743. The Morgan fingerprint density at radius 2 is 1.64 bits per heavy atom. The first-order valence-corrected chi connectivity index (χ1v) is 9.28. The number of ether oxygens (including phenoxy) is 1. The minimum absolute atomic E-state index is 0.156. The highest BCUT2D eigenvalue weighted by molar-refractivity contribution is 6.36. The lowest BCUT2D eigenvalue weighted by atomic mass is 10.1. The summed E-state index contributed by atoms with van der Waals surface area (Å²) in [4.78, 5) is 24.6. The van der Waals surface area contributed by atoms with E-state index < -0.39 is 0 Å². The van der Waals surface area contributed by atoms with Crippen LogP contribution in [0, 0.1) is 6.92 Å². The molecule has 0 saturated carbocycles. The number of hydrogen-bond acceptors (Lipinski definition) is 3. The normalized spacial score (nSPS) is 10.4. The van der Waals surface area contributed by atoms with Crippen molar-refractivity contribution in [1.82, 2.24) is 0 Å². The SMILES string of the molecule is Cc1ccccc1C(=O)Nc1ccc(OCC(=O)c2ccc(Cl)cc2Cl)cc1. The van der Waals surface area contributed by atoms with Crippen molar-refractivity contribution in [3.63, 3.8) is 0 Å². The molecule has 0 bridgehead atoms. The Hall–Kier alpha value is -2.82. The number of carbonyl (C=O) groups excluding carboxylic acids is 2. The highest BCUT2D eigenvalue weighted by Gasteiger charge is 2.12. The second-order valence-electron chi connectivity index (χ2n) is 6.13. The summed E-state index contributed by atoms with van der Waals surface area (Å²) in [6.45, 7) is 1.73. The molecule has 0 saturated heterocycles. The summed E-state index contributed by atoms with van der Waals surface area (Å²) in [6.07, 6.45) is 0. The van der Waals surface area contributed by atoms with E-state index in [9.17, 15) is 9.59 Å². The molecule has 1 N–H and O–H groups in total. The number of anilines is 1. The van der Waals surface area contributed by atoms with Gasteiger partial charge in [-0.15, -0.1) is 0 Å². The molecule has 0 atom stereocenters. The fraction of sp³-hybridized carbons (Fsp3) is 0.0909. The third-order valence-electron chi connectivity index (χ3n) is 4.10. The molecule has 0 aromatic heterocycles. The summed E-state index contributed by atoms with van der Waals surface area (Å²) in [5, 5.41) is 3.59. The van der Waals surface area contributed by atoms with Crippen LogP contribution in [0.1, 0.15) is 26.3 Å². The first-order valence-electron chi connectivity index (χ1n) is 8.52. The van der Waals surface area contributed by atoms with Crippen molar-refractivity contribution < 1.29 is 14.3 Å². The predicted octanol–water partition coefficient (Wildman–Crippen LogP) is 5.82. The molecule has 142 valence electrons. The van der Waals surface area contributed by atoms with Gasteiger partial charge >= 0.3 is 0 Å². The number of rotatable bonds is 6. The summed E-state index contributed by atoms with van der Waals surface area (Å²) >= 11 is 11.9. The zero-order valence-electron chi connectivity index (χ0n) is 15.0. The number of ketones is 1. The van der Waals surface area contributed by atoms with E-state index in [4.69, 9.17) is 27.9 Å². The molecule has 0 fully saturated rings. The highest BCUT2D eigenvalue weighted by atomic mass is 35.5. The Labute approximate surface area is 173 Å². The maximum atomic E-state index is 12.3. The van der Waals surface area contributed by atoms with Crippen molar-refractivity contribution in [2.24, 2.45) is 0 Å². The summed E-state index contributed by atoms with van der Waals surface area (Å²) in [7, 11) is 0. The number of halogens is 2. The molecule has 0 aliphatic carbocycles. The van der Waals surface area contributed by atoms with E-state index in [1.807, 2.05) is 25.1 Å². The summed E-state index contributed by atoms with van der Waals surface area (Å²) in [6, 6.07) is 18.9. The zero-order chi connectivity index (χ0) is 20.1. The first kappa shape index (κ1) is 19.9. The molecule has 0 aliphatic rings. The van der Waals surface area contributed by atoms with E-state index in [-0.39, 0.29) is 23.3 Å². The minimum atomic E-state index is -0.251. The maximum absolute atomic E-state index is 12.3. The lowest BCUT2D eigenvalue weighted by molar-refractivity contribution is 0.0921. The summed E-state index contributed by atoms with van der Waals surface area (Å²) in [5.41, 5.74) is 2.51. The molecule has 0 radical (unpaired) electrons. The Kier molecular flexibility index (Phi) is 6.34. The predicted molar refractivity (Wildman–Crippen MR) is 112 cm³/mol. The van der Waals surface area contributed by atoms with Crippen LogP contribution in [0.25, 0.3) is 0 Å². The number of nitrogens with one attached hydrogen (secondary N) is 1. The molecule has 4 nitrogen and oxygen atoms in total. The lowest BCUT2D eigenvalue weighted by Crippen LogP contribution is -2.13. The second kappa shape index (κ2) is 8.91. The topological polar surface area (TPSA) is 55.4 Å². The number of amides is 1. The van der Waals surface area contributed by atoms with Gasteiger partial charge in [-0.05, 0) is 61.0 Å². The van der Waals surface area contributed by atoms with Crippen LogP contribution in [0.3, 0.4) is 0 Å². The molecular formula is C22H17Cl2NO3. The largest absolute Gasteiger partial charge is 0.485 e. The third-order valence-corrected chi connectivity index (χ3v) is 4.65. The van der Waals surface area contributed by atoms with Crippen molar-refractivity contribution in [2.75, 3.05) is 11.9 Å². The zero-order valence-corrected chi connectivity index (χ0v) is 16.6. The molecular weight excluding hydrogens is 397 g/mol. The van der Waals surface area contributed by atoms with Crippen LogP contribution in [0.5, 0.6) is 5.75 Å². The van der Waals surface area contributed by atoms with E-state index in [1.165, 1.54) is 6.07 Å². The number of benzene rings is 3. The number of aryl methyl sites for hydroxylation is 1. The minimum Gasteiger partial charge on any atom is -0.485 e. The number of hydrogen-bond donors (Lipinski definition) is 1. The standard InChI is InChI=1S/C22H17Cl2NO3/c1-14-4-2-3-5-18(14)22(27)25-16-7-9-17(10-8-16)28-13-21(26)19-11-6-15(23)12-20(19)24/h2-12H,13H2,1H3,(H,25,27). The van der Waals surface area contributed by atoms with Crippen LogP contribution in [0.4, 0.5) is 5.69 Å². The lowest BCUT2D eigenvalue weighted by Gasteiger charge is -2.10. The van der Waals surface area contributed by atoms with Crippen LogP contribution in [-0.4, -0.2) is 18.3 Å². The van der Waals surface area contributed by atoms with Crippen molar-refractivity contribution in [3.05, 3.63) is 93.5 Å². The Morgan fingerprint density at radius 1 is 0.929 bits per heavy atom. The van der Waals surface area contributed by atoms with E-state index in [0.29, 0.717) is 27.6 Å². The van der Waals surface area contributed by atoms with Gasteiger partial charge in [-0.2, -0.15) is 0 Å². The molecule has 1 amide bonds. The molecule has 0 aliphatic heterocycles. The van der Waals surface area contributed by atoms with Crippen LogP contribution >= 0.6 is 23.2 Å². The Morgan fingerprint density at radius 3 is 2.32 bits per heavy atom. The molecule has 0 unspecified atom stereocenters. The van der Waals surface area contributed by atoms with Gasteiger partial charge in [0.15, 0.2) is 6.61 Å². The van der Waals surface area contributed by atoms with Crippen molar-refractivity contribution >= 4 is 40.6 Å². The van der Waals surface area contributed by atoms with Gasteiger partial charge in [0, 0.05) is 21.8 Å². The maximum Gasteiger partial charge on any atom is 0.255 e. The molecule has 6 heteroatoms. The molecule has 28 heavy (non-hydrogen) atoms. The van der Waals surface area contributed by atoms with Crippen molar-refractivity contribution in [2.45, 2.75) is 6.92 Å². The van der Waals surface area contributed by atoms with Gasteiger partial charge in [0.05, 0.1) is 5.02 Å². The fourth-order valence-corrected chi connectivity index (χ4v) is 3.12. The quantitative estimate of drug-likeness (QED) is 0.518. The third kappa shape index (κ3) is 4.91. The van der Waals surface area contributed by atoms with Gasteiger partial charge in [0.25, 0.3) is 5.91 Å². The van der Waals surface area contributed by atoms with E-state index in [0.717, 1.165) is 5.56 Å². The van der Waals surface area contributed by atoms with Crippen LogP contribution < -0.4 is 10.1 Å². The molecule has 3 aromatic rings. The van der Waals surface area contributed by atoms with Gasteiger partial charge < -0.3 is 10.1 Å². The van der Waals surface area contributed by atoms with Crippen LogP contribution in [0.15, 0.2) is 66.7 Å². The molecule has 3 rings (SSSR count). The first-order chi connectivity index (χ1) is 13.4. The van der Waals surface area contributed by atoms with E-state index in [2.05, 4.69) is 5.32 Å². The van der Waals surface area contributed by atoms with Crippen LogP contribution in [-0.2, 0) is 0 Å². The average Bonchev–Trinajstić information content (AvgIpc) is 2.67. The van der Waals surface area contributed by atoms with Gasteiger partial charge in [0.2, 0.25) is 5.78 Å². The van der Waals surface area contributed by atoms with Crippen molar-refractivity contribution in [3.8, 4) is 5.75 Å². The Bertz CT molecular complexity index is 1020. The van der Waals surface area contributed by atoms with Gasteiger partial charge in [-0.1, -0.05) is 41.4 Å². The van der Waals surface area contributed by atoms with E-state index >= 15 is 0 Å².